The van der Waals surface area contributed by atoms with Gasteiger partial charge in [0.05, 0.1) is 11.0 Å². The third kappa shape index (κ3) is 1.55. The molecule has 0 fully saturated rings. The number of nitrogens with zero attached hydrogens (tertiary/aromatic N) is 2. The quantitative estimate of drug-likeness (QED) is 0.567. The summed E-state index contributed by atoms with van der Waals surface area (Å²) in [5, 5.41) is 0.597. The van der Waals surface area contributed by atoms with E-state index in [1.165, 1.54) is 0 Å². The van der Waals surface area contributed by atoms with Crippen molar-refractivity contribution in [3.05, 3.63) is 75.9 Å². The average molecular weight is 261 g/mol. The van der Waals surface area contributed by atoms with Gasteiger partial charge in [-0.05, 0) is 23.8 Å². The Morgan fingerprint density at radius 1 is 1.00 bits per heavy atom. The van der Waals surface area contributed by atoms with Gasteiger partial charge in [-0.1, -0.05) is 42.5 Å². The molecule has 20 heavy (non-hydrogen) atoms. The smallest absolute Gasteiger partial charge is 0.275 e. The summed E-state index contributed by atoms with van der Waals surface area (Å²) in [4.78, 5) is 19.3. The molecule has 0 saturated carbocycles. The van der Waals surface area contributed by atoms with Crippen molar-refractivity contribution < 1.29 is 0 Å². The average Bonchev–Trinajstić information content (AvgIpc) is 2.97. The number of hydrogen-bond acceptors (Lipinski definition) is 2. The number of imidazole rings is 2. The van der Waals surface area contributed by atoms with Gasteiger partial charge in [0.15, 0.2) is 0 Å². The lowest BCUT2D eigenvalue weighted by Gasteiger charge is -1.92. The van der Waals surface area contributed by atoms with E-state index >= 15 is 0 Å². The molecule has 96 valence electrons. The molecule has 0 aliphatic rings. The summed E-state index contributed by atoms with van der Waals surface area (Å²) in [5.41, 5.74) is 2.68. The van der Waals surface area contributed by atoms with Crippen LogP contribution < -0.4 is 10.9 Å². The minimum Gasteiger partial charge on any atom is -0.290 e. The molecular weight excluding hydrogens is 250 g/mol. The number of nitrogens with one attached hydrogen (secondary N) is 1. The summed E-state index contributed by atoms with van der Waals surface area (Å²) in [6, 6.07) is 17.6. The van der Waals surface area contributed by atoms with E-state index < -0.39 is 0 Å². The van der Waals surface area contributed by atoms with Crippen molar-refractivity contribution in [2.24, 2.45) is 0 Å². The molecule has 0 aliphatic carbocycles. The highest BCUT2D eigenvalue weighted by molar-refractivity contribution is 5.79. The first-order valence-corrected chi connectivity index (χ1v) is 6.39. The molecule has 0 bridgehead atoms. The van der Waals surface area contributed by atoms with Gasteiger partial charge in [0.1, 0.15) is 5.35 Å². The Bertz CT molecular complexity index is 1010. The van der Waals surface area contributed by atoms with E-state index in [9.17, 15) is 4.79 Å². The lowest BCUT2D eigenvalue weighted by atomic mass is 10.2. The van der Waals surface area contributed by atoms with Crippen LogP contribution in [0.4, 0.5) is 0 Å². The van der Waals surface area contributed by atoms with E-state index in [1.807, 2.05) is 65.1 Å². The van der Waals surface area contributed by atoms with E-state index in [1.54, 1.807) is 0 Å². The summed E-state index contributed by atoms with van der Waals surface area (Å²) in [7, 11) is 0. The van der Waals surface area contributed by atoms with Gasteiger partial charge in [0.2, 0.25) is 5.78 Å². The number of aromatic nitrogens is 3. The summed E-state index contributed by atoms with van der Waals surface area (Å²) in [6.45, 7) is 0. The zero-order valence-electron chi connectivity index (χ0n) is 10.6. The summed E-state index contributed by atoms with van der Waals surface area (Å²) in [6.07, 6.45) is 1.87. The Hall–Kier alpha value is -2.88. The second-order valence-corrected chi connectivity index (χ2v) is 4.65. The minimum absolute atomic E-state index is 0.123. The fourth-order valence-corrected chi connectivity index (χ4v) is 2.46. The molecule has 0 unspecified atom stereocenters. The molecular formula is C16H11N3O. The van der Waals surface area contributed by atoms with E-state index in [-0.39, 0.29) is 5.56 Å². The molecule has 4 aromatic rings. The molecule has 4 nitrogen and oxygen atoms in total. The molecule has 2 aromatic heterocycles. The monoisotopic (exact) mass is 261 g/mol. The van der Waals surface area contributed by atoms with Crippen LogP contribution in [0.5, 0.6) is 0 Å². The molecule has 2 aromatic carbocycles. The van der Waals surface area contributed by atoms with Crippen molar-refractivity contribution in [2.75, 3.05) is 0 Å². The van der Waals surface area contributed by atoms with Crippen LogP contribution in [-0.2, 0) is 0 Å². The van der Waals surface area contributed by atoms with Gasteiger partial charge in [-0.25, -0.2) is 4.98 Å². The second-order valence-electron chi connectivity index (χ2n) is 4.65. The first kappa shape index (κ1) is 11.0. The molecule has 0 atom stereocenters. The second kappa shape index (κ2) is 4.06. The van der Waals surface area contributed by atoms with Crippen LogP contribution in [-0.4, -0.2) is 14.4 Å². The van der Waals surface area contributed by atoms with Crippen LogP contribution >= 0.6 is 0 Å². The molecule has 4 rings (SSSR count). The Labute approximate surface area is 114 Å². The number of benzene rings is 2. The predicted octanol–water partition coefficient (Wildman–Crippen LogP) is 1.72. The summed E-state index contributed by atoms with van der Waals surface area (Å²) in [5.74, 6) is 0.582. The topological polar surface area (TPSA) is 50.2 Å². The van der Waals surface area contributed by atoms with Gasteiger partial charge in [0.25, 0.3) is 5.56 Å². The minimum atomic E-state index is -0.123. The molecule has 4 heteroatoms. The Balaban J connectivity index is 2.16. The molecule has 2 heterocycles. The lowest BCUT2D eigenvalue weighted by Crippen LogP contribution is -2.25. The Morgan fingerprint density at radius 2 is 1.75 bits per heavy atom. The number of fused-ring (bicyclic) bond motifs is 3. The number of aromatic amines is 1. The zero-order valence-corrected chi connectivity index (χ0v) is 10.6. The van der Waals surface area contributed by atoms with Crippen molar-refractivity contribution in [3.63, 3.8) is 0 Å². The highest BCUT2D eigenvalue weighted by Gasteiger charge is 2.08. The Morgan fingerprint density at radius 3 is 2.60 bits per heavy atom. The molecule has 0 radical (unpaired) electrons. The first-order valence-electron chi connectivity index (χ1n) is 6.39. The predicted molar refractivity (Wildman–Crippen MR) is 78.5 cm³/mol. The van der Waals surface area contributed by atoms with Gasteiger partial charge in [-0.2, -0.15) is 0 Å². The third-order valence-corrected chi connectivity index (χ3v) is 3.36. The Kier molecular flexibility index (Phi) is 2.23. The zero-order chi connectivity index (χ0) is 13.5. The van der Waals surface area contributed by atoms with E-state index in [0.717, 1.165) is 16.6 Å². The molecule has 0 spiro atoms. The van der Waals surface area contributed by atoms with Crippen LogP contribution in [0.2, 0.25) is 0 Å². The molecule has 1 N–H and O–H groups in total. The maximum atomic E-state index is 12.1. The van der Waals surface area contributed by atoms with Crippen LogP contribution in [0.25, 0.3) is 22.9 Å². The van der Waals surface area contributed by atoms with Gasteiger partial charge in [-0.15, -0.1) is 0 Å². The first-order chi connectivity index (χ1) is 9.83. The van der Waals surface area contributed by atoms with Crippen LogP contribution in [0.1, 0.15) is 5.56 Å². The van der Waals surface area contributed by atoms with Crippen molar-refractivity contribution in [1.29, 1.82) is 0 Å². The summed E-state index contributed by atoms with van der Waals surface area (Å²) < 4.78 is 1.87. The van der Waals surface area contributed by atoms with E-state index in [2.05, 4.69) is 9.97 Å². The fraction of sp³-hybridized carbons (Fsp3) is 0. The SMILES string of the molecule is O=c1[nH]c2nc3ccccc3n2/c1=C\c1ccccc1. The van der Waals surface area contributed by atoms with Crippen LogP contribution in [0, 0.1) is 0 Å². The van der Waals surface area contributed by atoms with Gasteiger partial charge in [-0.3, -0.25) is 14.2 Å². The standard InChI is InChI=1S/C16H11N3O/c20-15-14(10-11-6-2-1-3-7-11)19-13-9-5-4-8-12(13)17-16(19)18-15/h1-10H,(H,17,18,20)/b14-10-. The lowest BCUT2D eigenvalue weighted by molar-refractivity contribution is 1.20. The summed E-state index contributed by atoms with van der Waals surface area (Å²) >= 11 is 0. The molecule has 0 amide bonds. The van der Waals surface area contributed by atoms with Crippen molar-refractivity contribution >= 4 is 22.9 Å². The van der Waals surface area contributed by atoms with Crippen molar-refractivity contribution in [3.8, 4) is 0 Å². The molecule has 0 aliphatic heterocycles. The van der Waals surface area contributed by atoms with Crippen molar-refractivity contribution in [2.45, 2.75) is 0 Å². The largest absolute Gasteiger partial charge is 0.290 e. The highest BCUT2D eigenvalue weighted by Crippen LogP contribution is 2.12. The number of hydrogen-bond donors (Lipinski definition) is 1. The van der Waals surface area contributed by atoms with Gasteiger partial charge < -0.3 is 0 Å². The van der Waals surface area contributed by atoms with Gasteiger partial charge in [0, 0.05) is 0 Å². The maximum absolute atomic E-state index is 12.1. The van der Waals surface area contributed by atoms with Crippen molar-refractivity contribution in [1.82, 2.24) is 14.4 Å². The number of H-pyrrole nitrogens is 1. The number of para-hydroxylation sites is 2. The van der Waals surface area contributed by atoms with Gasteiger partial charge >= 0.3 is 0 Å². The van der Waals surface area contributed by atoms with E-state index in [0.29, 0.717) is 11.1 Å². The normalized spacial score (nSPS) is 12.5. The maximum Gasteiger partial charge on any atom is 0.275 e. The van der Waals surface area contributed by atoms with E-state index in [4.69, 9.17) is 0 Å². The highest BCUT2D eigenvalue weighted by atomic mass is 16.1. The number of rotatable bonds is 1. The van der Waals surface area contributed by atoms with Crippen LogP contribution in [0.3, 0.4) is 0 Å². The van der Waals surface area contributed by atoms with Crippen LogP contribution in [0.15, 0.2) is 59.4 Å². The third-order valence-electron chi connectivity index (χ3n) is 3.36. The fourth-order valence-electron chi connectivity index (χ4n) is 2.46. The molecule has 0 saturated heterocycles.